The van der Waals surface area contributed by atoms with Gasteiger partial charge in [-0.2, -0.15) is 0 Å². The Morgan fingerprint density at radius 1 is 1.21 bits per heavy atom. The summed E-state index contributed by atoms with van der Waals surface area (Å²) >= 11 is 0. The Balaban J connectivity index is 1.76. The lowest BCUT2D eigenvalue weighted by molar-refractivity contribution is -0.121. The highest BCUT2D eigenvalue weighted by Crippen LogP contribution is 2.10. The number of nitrogens with one attached hydrogen (secondary N) is 1. The number of hydrogen-bond acceptors (Lipinski definition) is 3. The number of nitrogens with zero attached hydrogens (tertiary/aromatic N) is 1. The van der Waals surface area contributed by atoms with Crippen LogP contribution in [0.5, 0.6) is 5.75 Å². The second-order valence-electron chi connectivity index (χ2n) is 4.31. The second kappa shape index (κ2) is 6.54. The highest BCUT2D eigenvalue weighted by Gasteiger charge is 2.02. The van der Waals surface area contributed by atoms with Crippen molar-refractivity contribution in [3.05, 3.63) is 59.9 Å². The number of benzene rings is 1. The lowest BCUT2D eigenvalue weighted by Gasteiger charge is -2.05. The van der Waals surface area contributed by atoms with Crippen LogP contribution in [0.15, 0.2) is 48.8 Å². The maximum absolute atomic E-state index is 11.7. The average Bonchev–Trinajstić information content (AvgIpc) is 2.44. The van der Waals surface area contributed by atoms with E-state index in [1.807, 2.05) is 18.2 Å². The Bertz CT molecular complexity index is 541. The van der Waals surface area contributed by atoms with Gasteiger partial charge in [0.1, 0.15) is 5.75 Å². The van der Waals surface area contributed by atoms with Gasteiger partial charge in [-0.3, -0.25) is 9.78 Å². The minimum Gasteiger partial charge on any atom is -0.508 e. The Morgan fingerprint density at radius 3 is 2.79 bits per heavy atom. The number of hydrogen-bond donors (Lipinski definition) is 2. The molecule has 0 aliphatic carbocycles. The molecule has 0 radical (unpaired) electrons. The van der Waals surface area contributed by atoms with E-state index in [4.69, 9.17) is 0 Å². The van der Waals surface area contributed by atoms with Crippen LogP contribution in [0.25, 0.3) is 0 Å². The number of aromatic hydroxyl groups is 1. The topological polar surface area (TPSA) is 62.2 Å². The molecule has 0 aliphatic rings. The van der Waals surface area contributed by atoms with Gasteiger partial charge in [0, 0.05) is 25.4 Å². The fourth-order valence-electron chi connectivity index (χ4n) is 1.76. The molecular formula is C15H16N2O2. The van der Waals surface area contributed by atoms with E-state index < -0.39 is 0 Å². The van der Waals surface area contributed by atoms with Gasteiger partial charge in [-0.15, -0.1) is 0 Å². The number of phenols is 1. The Kier molecular flexibility index (Phi) is 4.50. The van der Waals surface area contributed by atoms with Crippen LogP contribution < -0.4 is 5.32 Å². The van der Waals surface area contributed by atoms with Gasteiger partial charge in [-0.05, 0) is 35.7 Å². The van der Waals surface area contributed by atoms with Crippen LogP contribution in [0.1, 0.15) is 17.5 Å². The van der Waals surface area contributed by atoms with Crippen molar-refractivity contribution in [3.8, 4) is 5.75 Å². The smallest absolute Gasteiger partial charge is 0.220 e. The van der Waals surface area contributed by atoms with Gasteiger partial charge in [0.15, 0.2) is 0 Å². The zero-order valence-corrected chi connectivity index (χ0v) is 10.5. The third-order valence-corrected chi connectivity index (χ3v) is 2.76. The molecule has 4 nitrogen and oxygen atoms in total. The second-order valence-corrected chi connectivity index (χ2v) is 4.31. The first-order valence-electron chi connectivity index (χ1n) is 6.17. The molecule has 2 rings (SSSR count). The van der Waals surface area contributed by atoms with Gasteiger partial charge in [0.2, 0.25) is 5.91 Å². The summed E-state index contributed by atoms with van der Waals surface area (Å²) in [6.45, 7) is 0.431. The van der Waals surface area contributed by atoms with E-state index in [9.17, 15) is 9.90 Å². The minimum absolute atomic E-state index is 0.00723. The number of amides is 1. The monoisotopic (exact) mass is 256 g/mol. The van der Waals surface area contributed by atoms with Crippen LogP contribution in [0.4, 0.5) is 0 Å². The molecule has 1 amide bonds. The minimum atomic E-state index is -0.00723. The lowest BCUT2D eigenvalue weighted by atomic mass is 10.1. The molecule has 0 unspecified atom stereocenters. The van der Waals surface area contributed by atoms with Crippen LogP contribution in [-0.2, 0) is 17.8 Å². The molecule has 2 aromatic rings. The Hall–Kier alpha value is -2.36. The molecule has 0 bridgehead atoms. The van der Waals surface area contributed by atoms with Crippen molar-refractivity contribution in [1.29, 1.82) is 0 Å². The van der Waals surface area contributed by atoms with Crippen LogP contribution in [-0.4, -0.2) is 16.0 Å². The molecule has 1 aromatic carbocycles. The molecular weight excluding hydrogens is 240 g/mol. The van der Waals surface area contributed by atoms with E-state index >= 15 is 0 Å². The van der Waals surface area contributed by atoms with Crippen molar-refractivity contribution in [2.75, 3.05) is 0 Å². The van der Waals surface area contributed by atoms with Gasteiger partial charge >= 0.3 is 0 Å². The number of rotatable bonds is 5. The van der Waals surface area contributed by atoms with Gasteiger partial charge < -0.3 is 10.4 Å². The molecule has 0 spiro atoms. The first-order valence-corrected chi connectivity index (χ1v) is 6.17. The summed E-state index contributed by atoms with van der Waals surface area (Å²) in [4.78, 5) is 15.7. The number of carbonyl (C=O) groups excluding carboxylic acids is 1. The highest BCUT2D eigenvalue weighted by atomic mass is 16.3. The van der Waals surface area contributed by atoms with Crippen molar-refractivity contribution < 1.29 is 9.90 Å². The maximum Gasteiger partial charge on any atom is 0.220 e. The Labute approximate surface area is 112 Å². The molecule has 4 heteroatoms. The predicted octanol–water partition coefficient (Wildman–Crippen LogP) is 2.04. The molecule has 1 aromatic heterocycles. The molecule has 1 heterocycles. The normalized spacial score (nSPS) is 10.1. The van der Waals surface area contributed by atoms with Gasteiger partial charge in [-0.1, -0.05) is 18.2 Å². The summed E-state index contributed by atoms with van der Waals surface area (Å²) < 4.78 is 0. The van der Waals surface area contributed by atoms with Gasteiger partial charge in [0.25, 0.3) is 0 Å². The van der Waals surface area contributed by atoms with E-state index in [1.54, 1.807) is 30.6 Å². The number of carbonyl (C=O) groups is 1. The van der Waals surface area contributed by atoms with E-state index in [0.717, 1.165) is 11.1 Å². The number of aromatic nitrogens is 1. The summed E-state index contributed by atoms with van der Waals surface area (Å²) in [5.74, 6) is 0.203. The molecule has 0 fully saturated rings. The fraction of sp³-hybridized carbons (Fsp3) is 0.200. The molecule has 2 N–H and O–H groups in total. The van der Waals surface area contributed by atoms with Gasteiger partial charge in [0.05, 0.1) is 0 Å². The summed E-state index contributed by atoms with van der Waals surface area (Å²) in [5.41, 5.74) is 1.93. The third kappa shape index (κ3) is 4.43. The average molecular weight is 256 g/mol. The standard InChI is InChI=1S/C15H16N2O2/c18-14-5-1-3-13(9-14)11-17-15(19)7-6-12-4-2-8-16-10-12/h1-5,8-10,18H,6-7,11H2,(H,17,19). The first kappa shape index (κ1) is 13.1. The molecule has 0 saturated heterocycles. The molecule has 0 atom stereocenters. The van der Waals surface area contributed by atoms with Crippen LogP contribution in [0.3, 0.4) is 0 Å². The SMILES string of the molecule is O=C(CCc1cccnc1)NCc1cccc(O)c1. The summed E-state index contributed by atoms with van der Waals surface area (Å²) in [6.07, 6.45) is 4.60. The van der Waals surface area contributed by atoms with E-state index in [0.29, 0.717) is 19.4 Å². The quantitative estimate of drug-likeness (QED) is 0.860. The van der Waals surface area contributed by atoms with Crippen molar-refractivity contribution in [1.82, 2.24) is 10.3 Å². The van der Waals surface area contributed by atoms with Crippen LogP contribution in [0, 0.1) is 0 Å². The number of pyridine rings is 1. The zero-order chi connectivity index (χ0) is 13.5. The summed E-state index contributed by atoms with van der Waals surface area (Å²) in [7, 11) is 0. The van der Waals surface area contributed by atoms with Crippen molar-refractivity contribution >= 4 is 5.91 Å². The van der Waals surface area contributed by atoms with E-state index in [2.05, 4.69) is 10.3 Å². The Morgan fingerprint density at radius 2 is 2.05 bits per heavy atom. The van der Waals surface area contributed by atoms with E-state index in [1.165, 1.54) is 0 Å². The van der Waals surface area contributed by atoms with Crippen molar-refractivity contribution in [3.63, 3.8) is 0 Å². The van der Waals surface area contributed by atoms with Crippen LogP contribution >= 0.6 is 0 Å². The lowest BCUT2D eigenvalue weighted by Crippen LogP contribution is -2.22. The zero-order valence-electron chi connectivity index (χ0n) is 10.5. The summed E-state index contributed by atoms with van der Waals surface area (Å²) in [5, 5.41) is 12.1. The maximum atomic E-state index is 11.7. The summed E-state index contributed by atoms with van der Waals surface area (Å²) in [6, 6.07) is 10.7. The number of aryl methyl sites for hydroxylation is 1. The first-order chi connectivity index (χ1) is 9.24. The fourth-order valence-corrected chi connectivity index (χ4v) is 1.76. The van der Waals surface area contributed by atoms with Gasteiger partial charge in [-0.25, -0.2) is 0 Å². The largest absolute Gasteiger partial charge is 0.508 e. The third-order valence-electron chi connectivity index (χ3n) is 2.76. The van der Waals surface area contributed by atoms with Crippen LogP contribution in [0.2, 0.25) is 0 Å². The molecule has 0 aliphatic heterocycles. The van der Waals surface area contributed by atoms with Crippen molar-refractivity contribution in [2.45, 2.75) is 19.4 Å². The van der Waals surface area contributed by atoms with Crippen molar-refractivity contribution in [2.24, 2.45) is 0 Å². The highest BCUT2D eigenvalue weighted by molar-refractivity contribution is 5.76. The number of phenolic OH excluding ortho intramolecular Hbond substituents is 1. The van der Waals surface area contributed by atoms with E-state index in [-0.39, 0.29) is 11.7 Å². The predicted molar refractivity (Wildman–Crippen MR) is 72.5 cm³/mol. The molecule has 0 saturated carbocycles. The molecule has 19 heavy (non-hydrogen) atoms. The molecule has 98 valence electrons.